The Morgan fingerprint density at radius 3 is 2.68 bits per heavy atom. The van der Waals surface area contributed by atoms with Crippen LogP contribution in [0.2, 0.25) is 0 Å². The Bertz CT molecular complexity index is 667. The summed E-state index contributed by atoms with van der Waals surface area (Å²) in [5, 5.41) is 2.94. The van der Waals surface area contributed by atoms with E-state index in [9.17, 15) is 4.79 Å². The predicted octanol–water partition coefficient (Wildman–Crippen LogP) is 3.08. The normalized spacial score (nSPS) is 16.3. The lowest BCUT2D eigenvalue weighted by atomic mass is 10.1. The molecule has 0 aliphatic carbocycles. The highest BCUT2D eigenvalue weighted by Crippen LogP contribution is 2.31. The second-order valence-corrected chi connectivity index (χ2v) is 5.59. The second-order valence-electron chi connectivity index (χ2n) is 5.59. The van der Waals surface area contributed by atoms with Gasteiger partial charge in [-0.15, -0.1) is 0 Å². The Morgan fingerprint density at radius 2 is 1.95 bits per heavy atom. The zero-order chi connectivity index (χ0) is 15.5. The van der Waals surface area contributed by atoms with Crippen LogP contribution in [0, 0.1) is 0 Å². The van der Waals surface area contributed by atoms with E-state index < -0.39 is 0 Å². The number of para-hydroxylation sites is 1. The first-order chi connectivity index (χ1) is 10.7. The Hall–Kier alpha value is -2.49. The van der Waals surface area contributed by atoms with Crippen LogP contribution in [-0.2, 0) is 11.2 Å². The van der Waals surface area contributed by atoms with Crippen molar-refractivity contribution in [3.63, 3.8) is 0 Å². The zero-order valence-electron chi connectivity index (χ0n) is 12.9. The highest BCUT2D eigenvalue weighted by atomic mass is 16.5. The Morgan fingerprint density at radius 1 is 1.23 bits per heavy atom. The number of benzene rings is 2. The number of carbonyl (C=O) groups is 1. The number of fused-ring (bicyclic) bond motifs is 1. The van der Waals surface area contributed by atoms with E-state index >= 15 is 0 Å². The fourth-order valence-electron chi connectivity index (χ4n) is 2.90. The van der Waals surface area contributed by atoms with Gasteiger partial charge >= 0.3 is 0 Å². The van der Waals surface area contributed by atoms with Gasteiger partial charge in [0.15, 0.2) is 0 Å². The minimum atomic E-state index is -0.00581. The molecular weight excluding hydrogens is 276 g/mol. The van der Waals surface area contributed by atoms with Crippen LogP contribution in [0.3, 0.4) is 0 Å². The summed E-state index contributed by atoms with van der Waals surface area (Å²) < 4.78 is 5.11. The number of nitrogens with one attached hydrogen (secondary N) is 1. The standard InChI is InChI=1S/C18H20N2O2/c1-13-11-14-5-3-4-6-17(14)20(13)12-18(21)19-15-7-9-16(22-2)10-8-15/h3-10,13H,11-12H2,1-2H3,(H,19,21). The molecule has 1 N–H and O–H groups in total. The van der Waals surface area contributed by atoms with Gasteiger partial charge in [0, 0.05) is 17.4 Å². The molecule has 0 saturated heterocycles. The summed E-state index contributed by atoms with van der Waals surface area (Å²) in [6.45, 7) is 2.52. The lowest BCUT2D eigenvalue weighted by Gasteiger charge is -2.24. The molecule has 1 atom stereocenters. The zero-order valence-corrected chi connectivity index (χ0v) is 12.9. The molecular formula is C18H20N2O2. The van der Waals surface area contributed by atoms with Gasteiger partial charge in [-0.25, -0.2) is 0 Å². The van der Waals surface area contributed by atoms with Crippen LogP contribution in [-0.4, -0.2) is 25.6 Å². The number of nitrogens with zero attached hydrogens (tertiary/aromatic N) is 1. The summed E-state index contributed by atoms with van der Waals surface area (Å²) in [4.78, 5) is 14.5. The maximum absolute atomic E-state index is 12.3. The molecule has 0 radical (unpaired) electrons. The molecule has 1 amide bonds. The summed E-state index contributed by atoms with van der Waals surface area (Å²) in [7, 11) is 1.62. The molecule has 114 valence electrons. The Balaban J connectivity index is 1.66. The highest BCUT2D eigenvalue weighted by Gasteiger charge is 2.26. The van der Waals surface area contributed by atoms with E-state index in [1.165, 1.54) is 11.3 Å². The van der Waals surface area contributed by atoms with Gasteiger partial charge in [-0.3, -0.25) is 4.79 Å². The highest BCUT2D eigenvalue weighted by molar-refractivity contribution is 5.94. The first-order valence-corrected chi connectivity index (χ1v) is 7.46. The molecule has 0 fully saturated rings. The van der Waals surface area contributed by atoms with Gasteiger partial charge in [-0.1, -0.05) is 18.2 Å². The summed E-state index contributed by atoms with van der Waals surface area (Å²) >= 11 is 0. The number of amides is 1. The number of rotatable bonds is 4. The van der Waals surface area contributed by atoms with Crippen LogP contribution in [0.25, 0.3) is 0 Å². The number of anilines is 2. The molecule has 1 aliphatic rings. The molecule has 1 heterocycles. The summed E-state index contributed by atoms with van der Waals surface area (Å²) in [6, 6.07) is 16.0. The molecule has 3 rings (SSSR count). The summed E-state index contributed by atoms with van der Waals surface area (Å²) in [5.41, 5.74) is 3.26. The molecule has 0 saturated carbocycles. The minimum absolute atomic E-state index is 0.00581. The number of hydrogen-bond acceptors (Lipinski definition) is 3. The number of ether oxygens (including phenoxy) is 1. The van der Waals surface area contributed by atoms with E-state index in [0.717, 1.165) is 17.9 Å². The quantitative estimate of drug-likeness (QED) is 0.942. The minimum Gasteiger partial charge on any atom is -0.497 e. The average molecular weight is 296 g/mol. The molecule has 2 aromatic carbocycles. The number of methoxy groups -OCH3 is 1. The molecule has 22 heavy (non-hydrogen) atoms. The maximum Gasteiger partial charge on any atom is 0.243 e. The molecule has 4 nitrogen and oxygen atoms in total. The van der Waals surface area contributed by atoms with Gasteiger partial charge in [-0.2, -0.15) is 0 Å². The number of hydrogen-bond donors (Lipinski definition) is 1. The predicted molar refractivity (Wildman–Crippen MR) is 88.6 cm³/mol. The van der Waals surface area contributed by atoms with Crippen LogP contribution < -0.4 is 15.0 Å². The Labute approximate surface area is 130 Å². The van der Waals surface area contributed by atoms with Crippen molar-refractivity contribution in [2.24, 2.45) is 0 Å². The van der Waals surface area contributed by atoms with E-state index in [-0.39, 0.29) is 5.91 Å². The Kier molecular flexibility index (Phi) is 4.00. The fourth-order valence-corrected chi connectivity index (χ4v) is 2.90. The van der Waals surface area contributed by atoms with Crippen molar-refractivity contribution in [3.05, 3.63) is 54.1 Å². The van der Waals surface area contributed by atoms with Gasteiger partial charge in [0.25, 0.3) is 0 Å². The smallest absolute Gasteiger partial charge is 0.243 e. The molecule has 1 unspecified atom stereocenters. The molecule has 0 spiro atoms. The summed E-state index contributed by atoms with van der Waals surface area (Å²) in [6.07, 6.45) is 0.992. The van der Waals surface area contributed by atoms with Gasteiger partial charge < -0.3 is 15.0 Å². The SMILES string of the molecule is COc1ccc(NC(=O)CN2c3ccccc3CC2C)cc1. The third kappa shape index (κ3) is 2.91. The topological polar surface area (TPSA) is 41.6 Å². The van der Waals surface area contributed by atoms with Gasteiger partial charge in [0.05, 0.1) is 13.7 Å². The van der Waals surface area contributed by atoms with Crippen molar-refractivity contribution in [1.82, 2.24) is 0 Å². The van der Waals surface area contributed by atoms with Crippen molar-refractivity contribution in [2.45, 2.75) is 19.4 Å². The van der Waals surface area contributed by atoms with Crippen LogP contribution >= 0.6 is 0 Å². The van der Waals surface area contributed by atoms with Crippen LogP contribution in [0.5, 0.6) is 5.75 Å². The van der Waals surface area contributed by atoms with Crippen LogP contribution in [0.4, 0.5) is 11.4 Å². The molecule has 1 aliphatic heterocycles. The summed E-state index contributed by atoms with van der Waals surface area (Å²) in [5.74, 6) is 0.772. The van der Waals surface area contributed by atoms with Crippen molar-refractivity contribution < 1.29 is 9.53 Å². The monoisotopic (exact) mass is 296 g/mol. The lowest BCUT2D eigenvalue weighted by molar-refractivity contribution is -0.115. The van der Waals surface area contributed by atoms with Crippen molar-refractivity contribution >= 4 is 17.3 Å². The molecule has 0 bridgehead atoms. The largest absolute Gasteiger partial charge is 0.497 e. The third-order valence-corrected chi connectivity index (χ3v) is 4.04. The third-order valence-electron chi connectivity index (χ3n) is 4.04. The first kappa shape index (κ1) is 14.4. The van der Waals surface area contributed by atoms with Crippen molar-refractivity contribution in [3.8, 4) is 5.75 Å². The van der Waals surface area contributed by atoms with Crippen LogP contribution in [0.15, 0.2) is 48.5 Å². The molecule has 4 heteroatoms. The van der Waals surface area contributed by atoms with E-state index in [1.807, 2.05) is 36.4 Å². The van der Waals surface area contributed by atoms with Crippen molar-refractivity contribution in [1.29, 1.82) is 0 Å². The average Bonchev–Trinajstić information content (AvgIpc) is 2.84. The second kappa shape index (κ2) is 6.10. The first-order valence-electron chi connectivity index (χ1n) is 7.46. The van der Waals surface area contributed by atoms with Gasteiger partial charge in [-0.05, 0) is 49.2 Å². The van der Waals surface area contributed by atoms with Gasteiger partial charge in [0.1, 0.15) is 5.75 Å². The molecule has 2 aromatic rings. The lowest BCUT2D eigenvalue weighted by Crippen LogP contribution is -2.37. The van der Waals surface area contributed by atoms with Crippen molar-refractivity contribution in [2.75, 3.05) is 23.9 Å². The van der Waals surface area contributed by atoms with Crippen LogP contribution in [0.1, 0.15) is 12.5 Å². The van der Waals surface area contributed by atoms with E-state index in [0.29, 0.717) is 12.6 Å². The van der Waals surface area contributed by atoms with E-state index in [1.54, 1.807) is 7.11 Å². The van der Waals surface area contributed by atoms with Gasteiger partial charge in [0.2, 0.25) is 5.91 Å². The van der Waals surface area contributed by atoms with E-state index in [4.69, 9.17) is 4.74 Å². The fraction of sp³-hybridized carbons (Fsp3) is 0.278. The van der Waals surface area contributed by atoms with E-state index in [2.05, 4.69) is 29.3 Å². The molecule has 0 aromatic heterocycles. The maximum atomic E-state index is 12.3. The number of carbonyl (C=O) groups excluding carboxylic acids is 1.